The first-order valence-corrected chi connectivity index (χ1v) is 9.34. The van der Waals surface area contributed by atoms with E-state index in [1.54, 1.807) is 12.3 Å². The van der Waals surface area contributed by atoms with E-state index in [9.17, 15) is 9.59 Å². The molecule has 1 aromatic heterocycles. The monoisotopic (exact) mass is 430 g/mol. The number of hydrogen-bond donors (Lipinski definition) is 2. The number of carbonyl (C=O) groups is 2. The van der Waals surface area contributed by atoms with Crippen molar-refractivity contribution in [3.05, 3.63) is 22.8 Å². The van der Waals surface area contributed by atoms with Crippen molar-refractivity contribution in [2.45, 2.75) is 25.7 Å². The quantitative estimate of drug-likeness (QED) is 0.771. The average molecular weight is 432 g/mol. The molecule has 0 spiro atoms. The molecule has 25 heavy (non-hydrogen) atoms. The molecule has 3 rings (SSSR count). The second-order valence-corrected chi connectivity index (χ2v) is 7.41. The number of nitrogens with zero attached hydrogens (tertiary/aromatic N) is 2. The van der Waals surface area contributed by atoms with Gasteiger partial charge in [-0.05, 0) is 66.8 Å². The van der Waals surface area contributed by atoms with Gasteiger partial charge in [-0.15, -0.1) is 12.4 Å². The molecule has 0 saturated carbocycles. The maximum Gasteiger partial charge on any atom is 0.230 e. The van der Waals surface area contributed by atoms with Gasteiger partial charge in [-0.3, -0.25) is 9.59 Å². The summed E-state index contributed by atoms with van der Waals surface area (Å²) in [5.74, 6) is 0.671. The summed E-state index contributed by atoms with van der Waals surface area (Å²) in [5, 5.41) is 6.14. The van der Waals surface area contributed by atoms with Crippen LogP contribution < -0.4 is 10.6 Å². The lowest BCUT2D eigenvalue weighted by atomic mass is 9.92. The number of pyridine rings is 1. The first kappa shape index (κ1) is 20.1. The number of rotatable bonds is 3. The number of hydrogen-bond acceptors (Lipinski definition) is 4. The van der Waals surface area contributed by atoms with Gasteiger partial charge < -0.3 is 15.5 Å². The Morgan fingerprint density at radius 2 is 1.96 bits per heavy atom. The largest absolute Gasteiger partial charge is 0.342 e. The summed E-state index contributed by atoms with van der Waals surface area (Å²) >= 11 is 3.33. The maximum absolute atomic E-state index is 12.7. The molecule has 2 fully saturated rings. The van der Waals surface area contributed by atoms with E-state index in [1.165, 1.54) is 0 Å². The van der Waals surface area contributed by atoms with Gasteiger partial charge >= 0.3 is 0 Å². The van der Waals surface area contributed by atoms with Crippen LogP contribution in [0.4, 0.5) is 5.82 Å². The molecule has 0 aromatic carbocycles. The third kappa shape index (κ3) is 5.39. The summed E-state index contributed by atoms with van der Waals surface area (Å²) in [5.41, 5.74) is 0. The lowest BCUT2D eigenvalue weighted by Crippen LogP contribution is -2.47. The Kier molecular flexibility index (Phi) is 7.65. The van der Waals surface area contributed by atoms with Crippen molar-refractivity contribution in [3.63, 3.8) is 0 Å². The Balaban J connectivity index is 0.00000225. The highest BCUT2D eigenvalue weighted by molar-refractivity contribution is 9.10. The van der Waals surface area contributed by atoms with Gasteiger partial charge in [0.05, 0.1) is 5.92 Å². The van der Waals surface area contributed by atoms with Gasteiger partial charge in [-0.2, -0.15) is 0 Å². The van der Waals surface area contributed by atoms with Crippen LogP contribution in [0.5, 0.6) is 0 Å². The number of anilines is 1. The van der Waals surface area contributed by atoms with Crippen molar-refractivity contribution < 1.29 is 9.59 Å². The zero-order valence-corrected chi connectivity index (χ0v) is 16.4. The van der Waals surface area contributed by atoms with Crippen molar-refractivity contribution in [2.24, 2.45) is 11.8 Å². The third-order valence-corrected chi connectivity index (χ3v) is 5.24. The van der Waals surface area contributed by atoms with Crippen LogP contribution in [-0.4, -0.2) is 47.9 Å². The van der Waals surface area contributed by atoms with Gasteiger partial charge in [-0.1, -0.05) is 0 Å². The summed E-state index contributed by atoms with van der Waals surface area (Å²) in [7, 11) is 0. The summed E-state index contributed by atoms with van der Waals surface area (Å²) < 4.78 is 0.872. The van der Waals surface area contributed by atoms with E-state index in [4.69, 9.17) is 0 Å². The van der Waals surface area contributed by atoms with Crippen LogP contribution in [0.3, 0.4) is 0 Å². The normalized spacial score (nSPS) is 21.3. The average Bonchev–Trinajstić information content (AvgIpc) is 2.64. The minimum absolute atomic E-state index is 0. The van der Waals surface area contributed by atoms with Gasteiger partial charge in [0.2, 0.25) is 11.8 Å². The van der Waals surface area contributed by atoms with Gasteiger partial charge in [0.1, 0.15) is 5.82 Å². The van der Waals surface area contributed by atoms with Crippen LogP contribution in [0.2, 0.25) is 0 Å². The summed E-state index contributed by atoms with van der Waals surface area (Å²) in [6.45, 7) is 3.10. The number of amides is 2. The standard InChI is InChI=1S/C17H23BrN4O2.ClH/c18-14-3-4-15(20-10-14)21-16(23)13-2-1-9-22(11-13)17(24)12-5-7-19-8-6-12;/h3-4,10,12-13,19H,1-2,5-9,11H2,(H,20,21,23);1H. The van der Waals surface area contributed by atoms with Crippen molar-refractivity contribution in [1.29, 1.82) is 0 Å². The highest BCUT2D eigenvalue weighted by Gasteiger charge is 2.32. The molecule has 3 heterocycles. The van der Waals surface area contributed by atoms with Crippen molar-refractivity contribution in [2.75, 3.05) is 31.5 Å². The zero-order valence-electron chi connectivity index (χ0n) is 14.0. The van der Waals surface area contributed by atoms with E-state index in [1.807, 2.05) is 11.0 Å². The summed E-state index contributed by atoms with van der Waals surface area (Å²) in [6.07, 6.45) is 5.15. The molecule has 1 unspecified atom stereocenters. The van der Waals surface area contributed by atoms with Crippen LogP contribution in [-0.2, 0) is 9.59 Å². The van der Waals surface area contributed by atoms with E-state index >= 15 is 0 Å². The van der Waals surface area contributed by atoms with E-state index in [2.05, 4.69) is 31.5 Å². The van der Waals surface area contributed by atoms with Gasteiger partial charge in [0.15, 0.2) is 0 Å². The fraction of sp³-hybridized carbons (Fsp3) is 0.588. The molecule has 0 radical (unpaired) electrons. The lowest BCUT2D eigenvalue weighted by Gasteiger charge is -2.35. The maximum atomic E-state index is 12.7. The first-order chi connectivity index (χ1) is 11.6. The van der Waals surface area contributed by atoms with Crippen LogP contribution in [0, 0.1) is 11.8 Å². The van der Waals surface area contributed by atoms with Crippen LogP contribution in [0.1, 0.15) is 25.7 Å². The molecule has 2 saturated heterocycles. The number of carbonyl (C=O) groups excluding carboxylic acids is 2. The topological polar surface area (TPSA) is 74.3 Å². The highest BCUT2D eigenvalue weighted by Crippen LogP contribution is 2.23. The molecule has 0 aliphatic carbocycles. The van der Waals surface area contributed by atoms with Crippen molar-refractivity contribution in [3.8, 4) is 0 Å². The Bertz CT molecular complexity index is 593. The van der Waals surface area contributed by atoms with Gasteiger partial charge in [-0.25, -0.2) is 4.98 Å². The summed E-state index contributed by atoms with van der Waals surface area (Å²) in [4.78, 5) is 31.2. The zero-order chi connectivity index (χ0) is 16.9. The molecular formula is C17H24BrClN4O2. The lowest BCUT2D eigenvalue weighted by molar-refractivity contribution is -0.139. The SMILES string of the molecule is Cl.O=C(Nc1ccc(Br)cn1)C1CCCN(C(=O)C2CCNCC2)C1. The molecule has 2 N–H and O–H groups in total. The number of halogens is 2. The van der Waals surface area contributed by atoms with Crippen LogP contribution in [0.25, 0.3) is 0 Å². The molecule has 8 heteroatoms. The van der Waals surface area contributed by atoms with Crippen molar-refractivity contribution in [1.82, 2.24) is 15.2 Å². The smallest absolute Gasteiger partial charge is 0.230 e. The predicted molar refractivity (Wildman–Crippen MR) is 103 cm³/mol. The molecule has 0 bridgehead atoms. The second-order valence-electron chi connectivity index (χ2n) is 6.50. The fourth-order valence-electron chi connectivity index (χ4n) is 3.40. The molecule has 2 amide bonds. The number of nitrogens with one attached hydrogen (secondary N) is 2. The number of likely N-dealkylation sites (tertiary alicyclic amines) is 1. The van der Waals surface area contributed by atoms with E-state index in [-0.39, 0.29) is 36.1 Å². The van der Waals surface area contributed by atoms with E-state index in [0.717, 1.165) is 49.8 Å². The van der Waals surface area contributed by atoms with Crippen LogP contribution >= 0.6 is 28.3 Å². The molecule has 2 aliphatic heterocycles. The molecule has 6 nitrogen and oxygen atoms in total. The third-order valence-electron chi connectivity index (χ3n) is 4.77. The van der Waals surface area contributed by atoms with Crippen molar-refractivity contribution >= 4 is 46.0 Å². The minimum Gasteiger partial charge on any atom is -0.342 e. The Labute approximate surface area is 162 Å². The van der Waals surface area contributed by atoms with Crippen LogP contribution in [0.15, 0.2) is 22.8 Å². The molecule has 1 atom stereocenters. The van der Waals surface area contributed by atoms with E-state index < -0.39 is 0 Å². The summed E-state index contributed by atoms with van der Waals surface area (Å²) in [6, 6.07) is 3.61. The number of aromatic nitrogens is 1. The number of piperidine rings is 2. The van der Waals surface area contributed by atoms with Gasteiger partial charge in [0.25, 0.3) is 0 Å². The molecule has 2 aliphatic rings. The predicted octanol–water partition coefficient (Wildman–Crippen LogP) is 2.44. The van der Waals surface area contributed by atoms with E-state index in [0.29, 0.717) is 12.4 Å². The Hall–Kier alpha value is -1.18. The Morgan fingerprint density at radius 3 is 2.64 bits per heavy atom. The first-order valence-electron chi connectivity index (χ1n) is 8.55. The fourth-order valence-corrected chi connectivity index (χ4v) is 3.63. The highest BCUT2D eigenvalue weighted by atomic mass is 79.9. The molecule has 1 aromatic rings. The molecular weight excluding hydrogens is 408 g/mol. The minimum atomic E-state index is -0.158. The second kappa shape index (κ2) is 9.50. The molecule has 138 valence electrons. The Morgan fingerprint density at radius 1 is 1.20 bits per heavy atom. The van der Waals surface area contributed by atoms with Gasteiger partial charge in [0, 0.05) is 29.7 Å².